The van der Waals surface area contributed by atoms with E-state index in [0.717, 1.165) is 68.1 Å². The van der Waals surface area contributed by atoms with Gasteiger partial charge in [0.25, 0.3) is 0 Å². The van der Waals surface area contributed by atoms with Crippen LogP contribution < -0.4 is 0 Å². The molecule has 1 saturated heterocycles. The van der Waals surface area contributed by atoms with Crippen molar-refractivity contribution in [1.82, 2.24) is 29.7 Å². The summed E-state index contributed by atoms with van der Waals surface area (Å²) in [6.07, 6.45) is 2.15. The third kappa shape index (κ3) is 5.07. The van der Waals surface area contributed by atoms with Gasteiger partial charge in [-0.2, -0.15) is 10.1 Å². The van der Waals surface area contributed by atoms with Crippen molar-refractivity contribution in [2.75, 3.05) is 32.7 Å². The number of aryl methyl sites for hydroxylation is 4. The Hall–Kier alpha value is -3.00. The minimum Gasteiger partial charge on any atom is -0.340 e. The number of benzene rings is 1. The highest BCUT2D eigenvalue weighted by atomic mass is 16.5. The van der Waals surface area contributed by atoms with Crippen molar-refractivity contribution in [3.63, 3.8) is 0 Å². The third-order valence-corrected chi connectivity index (χ3v) is 6.35. The van der Waals surface area contributed by atoms with Gasteiger partial charge < -0.3 is 9.42 Å². The molecule has 0 radical (unpaired) electrons. The largest absolute Gasteiger partial charge is 0.340 e. The average Bonchev–Trinajstić information content (AvgIpc) is 3.35. The monoisotopic (exact) mass is 436 g/mol. The maximum atomic E-state index is 12.8. The predicted molar refractivity (Wildman–Crippen MR) is 122 cm³/mol. The number of aromatic nitrogens is 4. The average molecular weight is 437 g/mol. The lowest BCUT2D eigenvalue weighted by atomic mass is 10.1. The van der Waals surface area contributed by atoms with Gasteiger partial charge in [0.05, 0.1) is 12.1 Å². The fourth-order valence-electron chi connectivity index (χ4n) is 4.19. The van der Waals surface area contributed by atoms with E-state index in [4.69, 9.17) is 4.52 Å². The number of carbonyl (C=O) groups is 1. The highest BCUT2D eigenvalue weighted by Gasteiger charge is 2.23. The van der Waals surface area contributed by atoms with Gasteiger partial charge in [-0.1, -0.05) is 35.0 Å². The summed E-state index contributed by atoms with van der Waals surface area (Å²) in [5.41, 5.74) is 5.26. The first kappa shape index (κ1) is 22.2. The van der Waals surface area contributed by atoms with Crippen molar-refractivity contribution in [3.05, 3.63) is 52.7 Å². The van der Waals surface area contributed by atoms with Crippen LogP contribution in [0.1, 0.15) is 34.8 Å². The molecule has 8 nitrogen and oxygen atoms in total. The van der Waals surface area contributed by atoms with Crippen molar-refractivity contribution in [2.45, 2.75) is 40.0 Å². The molecule has 0 atom stereocenters. The lowest BCUT2D eigenvalue weighted by Crippen LogP contribution is -2.49. The molecule has 170 valence electrons. The molecule has 1 aliphatic rings. The second-order valence-electron chi connectivity index (χ2n) is 8.65. The van der Waals surface area contributed by atoms with Gasteiger partial charge in [-0.05, 0) is 33.7 Å². The Morgan fingerprint density at radius 2 is 1.78 bits per heavy atom. The fourth-order valence-corrected chi connectivity index (χ4v) is 4.19. The van der Waals surface area contributed by atoms with Crippen LogP contribution in [0.2, 0.25) is 0 Å². The number of piperazine rings is 1. The minimum atomic E-state index is 0.193. The first-order valence-corrected chi connectivity index (χ1v) is 11.3. The molecule has 0 bridgehead atoms. The van der Waals surface area contributed by atoms with Crippen LogP contribution in [0.5, 0.6) is 0 Å². The summed E-state index contributed by atoms with van der Waals surface area (Å²) in [5, 5.41) is 8.53. The van der Waals surface area contributed by atoms with Crippen LogP contribution in [0.25, 0.3) is 11.4 Å². The van der Waals surface area contributed by atoms with Crippen LogP contribution >= 0.6 is 0 Å². The zero-order chi connectivity index (χ0) is 22.7. The summed E-state index contributed by atoms with van der Waals surface area (Å²) in [7, 11) is 1.92. The van der Waals surface area contributed by atoms with Crippen LogP contribution in [0.4, 0.5) is 0 Å². The van der Waals surface area contributed by atoms with E-state index in [0.29, 0.717) is 18.1 Å². The van der Waals surface area contributed by atoms with E-state index in [2.05, 4.69) is 39.2 Å². The third-order valence-electron chi connectivity index (χ3n) is 6.35. The van der Waals surface area contributed by atoms with Gasteiger partial charge in [0.2, 0.25) is 17.6 Å². The zero-order valence-corrected chi connectivity index (χ0v) is 19.5. The van der Waals surface area contributed by atoms with Crippen molar-refractivity contribution in [1.29, 1.82) is 0 Å². The Bertz CT molecular complexity index is 1060. The molecule has 0 spiro atoms. The Balaban J connectivity index is 1.20. The van der Waals surface area contributed by atoms with E-state index < -0.39 is 0 Å². The molecule has 1 amide bonds. The molecule has 0 unspecified atom stereocenters. The Labute approximate surface area is 189 Å². The highest BCUT2D eigenvalue weighted by Crippen LogP contribution is 2.17. The van der Waals surface area contributed by atoms with Crippen LogP contribution in [0.15, 0.2) is 28.8 Å². The summed E-state index contributed by atoms with van der Waals surface area (Å²) in [5.74, 6) is 1.51. The van der Waals surface area contributed by atoms with Gasteiger partial charge in [-0.25, -0.2) is 0 Å². The van der Waals surface area contributed by atoms with Gasteiger partial charge in [0, 0.05) is 56.5 Å². The second-order valence-corrected chi connectivity index (χ2v) is 8.65. The Kier molecular flexibility index (Phi) is 6.69. The van der Waals surface area contributed by atoms with E-state index in [9.17, 15) is 4.79 Å². The standard InChI is InChI=1S/C24H32N6O2/c1-17-7-9-20(10-8-17)24-25-22(32-27-24)6-5-11-29-12-14-30(15-13-29)23(31)16-21-18(2)26-28(4)19(21)3/h7-10H,5-6,11-16H2,1-4H3. The smallest absolute Gasteiger partial charge is 0.227 e. The lowest BCUT2D eigenvalue weighted by molar-refractivity contribution is -0.132. The molecule has 1 aliphatic heterocycles. The van der Waals surface area contributed by atoms with Gasteiger partial charge in [-0.3, -0.25) is 14.4 Å². The Morgan fingerprint density at radius 1 is 1.06 bits per heavy atom. The van der Waals surface area contributed by atoms with Crippen LogP contribution in [0, 0.1) is 20.8 Å². The molecule has 8 heteroatoms. The van der Waals surface area contributed by atoms with Gasteiger partial charge >= 0.3 is 0 Å². The summed E-state index contributed by atoms with van der Waals surface area (Å²) >= 11 is 0. The van der Waals surface area contributed by atoms with Crippen molar-refractivity contribution >= 4 is 5.91 Å². The summed E-state index contributed by atoms with van der Waals surface area (Å²) in [4.78, 5) is 21.7. The van der Waals surface area contributed by atoms with Gasteiger partial charge in [0.1, 0.15) is 0 Å². The van der Waals surface area contributed by atoms with E-state index >= 15 is 0 Å². The predicted octanol–water partition coefficient (Wildman–Crippen LogP) is 2.71. The number of hydrogen-bond acceptors (Lipinski definition) is 6. The van der Waals surface area contributed by atoms with E-state index in [1.165, 1.54) is 5.56 Å². The first-order chi connectivity index (χ1) is 15.4. The Morgan fingerprint density at radius 3 is 2.44 bits per heavy atom. The molecule has 4 rings (SSSR count). The van der Waals surface area contributed by atoms with E-state index in [-0.39, 0.29) is 5.91 Å². The molecule has 3 aromatic rings. The van der Waals surface area contributed by atoms with Gasteiger partial charge in [0.15, 0.2) is 0 Å². The topological polar surface area (TPSA) is 80.3 Å². The molecule has 0 saturated carbocycles. The number of carbonyl (C=O) groups excluding carboxylic acids is 1. The molecule has 0 aliphatic carbocycles. The number of nitrogens with zero attached hydrogens (tertiary/aromatic N) is 6. The number of rotatable bonds is 7. The normalized spacial score (nSPS) is 14.8. The van der Waals surface area contributed by atoms with Gasteiger partial charge in [-0.15, -0.1) is 0 Å². The molecular weight excluding hydrogens is 404 g/mol. The van der Waals surface area contributed by atoms with Crippen LogP contribution in [-0.2, 0) is 24.7 Å². The van der Waals surface area contributed by atoms with Crippen molar-refractivity contribution in [3.8, 4) is 11.4 Å². The quantitative estimate of drug-likeness (QED) is 0.567. The summed E-state index contributed by atoms with van der Waals surface area (Å²) in [6, 6.07) is 8.13. The van der Waals surface area contributed by atoms with E-state index in [1.807, 2.05) is 42.6 Å². The second kappa shape index (κ2) is 9.65. The summed E-state index contributed by atoms with van der Waals surface area (Å²) in [6.45, 7) is 10.4. The highest BCUT2D eigenvalue weighted by molar-refractivity contribution is 5.79. The summed E-state index contributed by atoms with van der Waals surface area (Å²) < 4.78 is 7.28. The number of hydrogen-bond donors (Lipinski definition) is 0. The molecular formula is C24H32N6O2. The fraction of sp³-hybridized carbons (Fsp3) is 0.500. The van der Waals surface area contributed by atoms with Crippen molar-refractivity contribution < 1.29 is 9.32 Å². The van der Waals surface area contributed by atoms with Crippen LogP contribution in [-0.4, -0.2) is 68.4 Å². The number of amides is 1. The zero-order valence-electron chi connectivity index (χ0n) is 19.5. The molecule has 1 fully saturated rings. The maximum Gasteiger partial charge on any atom is 0.227 e. The van der Waals surface area contributed by atoms with Crippen molar-refractivity contribution in [2.24, 2.45) is 7.05 Å². The molecule has 1 aromatic carbocycles. The molecule has 2 aromatic heterocycles. The molecule has 3 heterocycles. The maximum absolute atomic E-state index is 12.8. The molecule has 32 heavy (non-hydrogen) atoms. The lowest BCUT2D eigenvalue weighted by Gasteiger charge is -2.34. The molecule has 0 N–H and O–H groups in total. The van der Waals surface area contributed by atoms with Crippen LogP contribution in [0.3, 0.4) is 0 Å². The van der Waals surface area contributed by atoms with E-state index in [1.54, 1.807) is 0 Å². The minimum absolute atomic E-state index is 0.193. The first-order valence-electron chi connectivity index (χ1n) is 11.3. The SMILES string of the molecule is Cc1ccc(-c2noc(CCCN3CCN(C(=O)Cc4c(C)nn(C)c4C)CC3)n2)cc1.